The molecule has 1 amide bonds. The Kier molecular flexibility index (Phi) is 6.28. The van der Waals surface area contributed by atoms with Crippen LogP contribution in [0.5, 0.6) is 17.2 Å². The zero-order valence-corrected chi connectivity index (χ0v) is 15.9. The number of ether oxygens (including phenoxy) is 2. The number of benzene rings is 2. The van der Waals surface area contributed by atoms with Gasteiger partial charge in [-0.15, -0.1) is 18.3 Å². The number of carbonyl (C=O) groups is 1. The SMILES string of the molecule is O=C(Nc1cc[n+](=O)[nH]c1)c1ccc(C(F)(F)F)cc1Oc1ccc(OC(F)(F)F)c(F)c1. The minimum absolute atomic E-state index is 0.0812. The molecule has 0 unspecified atom stereocenters. The van der Waals surface area contributed by atoms with E-state index >= 15 is 0 Å². The fourth-order valence-corrected chi connectivity index (χ4v) is 2.50. The van der Waals surface area contributed by atoms with Crippen LogP contribution in [0.3, 0.4) is 0 Å². The van der Waals surface area contributed by atoms with Crippen LogP contribution in [0, 0.1) is 10.7 Å². The van der Waals surface area contributed by atoms with E-state index in [9.17, 15) is 40.4 Å². The molecule has 0 fully saturated rings. The number of aromatic nitrogens is 2. The second kappa shape index (κ2) is 8.80. The molecule has 0 saturated heterocycles. The molecule has 0 spiro atoms. The van der Waals surface area contributed by atoms with E-state index in [0.29, 0.717) is 28.8 Å². The van der Waals surface area contributed by atoms with Crippen molar-refractivity contribution in [3.63, 3.8) is 0 Å². The highest BCUT2D eigenvalue weighted by molar-refractivity contribution is 6.06. The normalized spacial score (nSPS) is 11.7. The first-order valence-corrected chi connectivity index (χ1v) is 8.68. The molecular weight excluding hydrogens is 467 g/mol. The molecule has 0 atom stereocenters. The quantitative estimate of drug-likeness (QED) is 0.398. The molecule has 3 rings (SSSR count). The average Bonchev–Trinajstić information content (AvgIpc) is 2.70. The van der Waals surface area contributed by atoms with Gasteiger partial charge < -0.3 is 14.8 Å². The lowest BCUT2D eigenvalue weighted by Crippen LogP contribution is -2.19. The predicted molar refractivity (Wildman–Crippen MR) is 96.7 cm³/mol. The number of hydrogen-bond acceptors (Lipinski definition) is 4. The Morgan fingerprint density at radius 3 is 2.27 bits per heavy atom. The Balaban J connectivity index is 1.94. The van der Waals surface area contributed by atoms with Gasteiger partial charge >= 0.3 is 12.5 Å². The summed E-state index contributed by atoms with van der Waals surface area (Å²) in [6, 6.07) is 4.88. The third-order valence-electron chi connectivity index (χ3n) is 3.91. The smallest absolute Gasteiger partial charge is 0.456 e. The molecule has 1 aromatic heterocycles. The maximum absolute atomic E-state index is 13.9. The van der Waals surface area contributed by atoms with Gasteiger partial charge in [-0.25, -0.2) is 4.39 Å². The topological polar surface area (TPSA) is 86.3 Å². The number of amides is 1. The Bertz CT molecular complexity index is 1220. The van der Waals surface area contributed by atoms with Crippen LogP contribution in [0.1, 0.15) is 15.9 Å². The van der Waals surface area contributed by atoms with E-state index in [2.05, 4.69) is 15.2 Å². The lowest BCUT2D eigenvalue weighted by Gasteiger charge is -2.15. The lowest BCUT2D eigenvalue weighted by atomic mass is 10.1. The molecule has 174 valence electrons. The molecule has 0 aliphatic rings. The van der Waals surface area contributed by atoms with Gasteiger partial charge in [-0.2, -0.15) is 13.2 Å². The Hall–Kier alpha value is -4.10. The van der Waals surface area contributed by atoms with E-state index in [1.165, 1.54) is 6.07 Å². The number of anilines is 1. The number of halogens is 7. The van der Waals surface area contributed by atoms with Crippen LogP contribution in [-0.4, -0.2) is 17.4 Å². The fourth-order valence-electron chi connectivity index (χ4n) is 2.50. The highest BCUT2D eigenvalue weighted by Gasteiger charge is 2.33. The van der Waals surface area contributed by atoms with Crippen LogP contribution in [0.15, 0.2) is 54.9 Å². The van der Waals surface area contributed by atoms with E-state index in [4.69, 9.17) is 4.74 Å². The summed E-state index contributed by atoms with van der Waals surface area (Å²) in [6.07, 6.45) is -7.88. The van der Waals surface area contributed by atoms with Gasteiger partial charge in [0.05, 0.1) is 27.9 Å². The van der Waals surface area contributed by atoms with E-state index in [0.717, 1.165) is 24.5 Å². The van der Waals surface area contributed by atoms with Crippen molar-refractivity contribution in [3.05, 3.63) is 76.7 Å². The number of alkyl halides is 6. The summed E-state index contributed by atoms with van der Waals surface area (Å²) < 4.78 is 99.1. The van der Waals surface area contributed by atoms with Gasteiger partial charge in [-0.3, -0.25) is 4.79 Å². The van der Waals surface area contributed by atoms with Crippen molar-refractivity contribution < 1.29 is 49.5 Å². The van der Waals surface area contributed by atoms with E-state index in [-0.39, 0.29) is 5.69 Å². The first kappa shape index (κ1) is 23.6. The maximum atomic E-state index is 13.9. The molecule has 0 bridgehead atoms. The monoisotopic (exact) mass is 478 g/mol. The Labute approximate surface area is 179 Å². The van der Waals surface area contributed by atoms with Gasteiger partial charge in [0.1, 0.15) is 11.5 Å². The molecule has 3 aromatic rings. The van der Waals surface area contributed by atoms with Crippen molar-refractivity contribution >= 4 is 11.6 Å². The summed E-state index contributed by atoms with van der Waals surface area (Å²) in [5.74, 6) is -4.81. The molecule has 1 heterocycles. The van der Waals surface area contributed by atoms with Crippen molar-refractivity contribution in [1.82, 2.24) is 5.10 Å². The number of nitrogens with one attached hydrogen (secondary N) is 2. The zero-order chi connectivity index (χ0) is 24.4. The van der Waals surface area contributed by atoms with Crippen LogP contribution in [0.25, 0.3) is 0 Å². The molecule has 0 radical (unpaired) electrons. The van der Waals surface area contributed by atoms with Crippen molar-refractivity contribution in [2.75, 3.05) is 5.32 Å². The van der Waals surface area contributed by atoms with E-state index in [1.54, 1.807) is 0 Å². The molecule has 0 saturated carbocycles. The first-order valence-electron chi connectivity index (χ1n) is 8.68. The van der Waals surface area contributed by atoms with Gasteiger partial charge in [0.25, 0.3) is 12.1 Å². The molecule has 33 heavy (non-hydrogen) atoms. The van der Waals surface area contributed by atoms with Crippen LogP contribution >= 0.6 is 0 Å². The zero-order valence-electron chi connectivity index (χ0n) is 15.9. The fraction of sp³-hybridized carbons (Fsp3) is 0.105. The Morgan fingerprint density at radius 2 is 1.70 bits per heavy atom. The van der Waals surface area contributed by atoms with Gasteiger partial charge in [-0.05, 0) is 30.3 Å². The lowest BCUT2D eigenvalue weighted by molar-refractivity contribution is -0.564. The van der Waals surface area contributed by atoms with Gasteiger partial charge in [0.15, 0.2) is 16.1 Å². The summed E-state index contributed by atoms with van der Waals surface area (Å²) in [4.78, 5) is 23.6. The summed E-state index contributed by atoms with van der Waals surface area (Å²) in [7, 11) is 0. The molecule has 0 aliphatic carbocycles. The van der Waals surface area contributed by atoms with E-state index in [1.807, 2.05) is 0 Å². The number of rotatable bonds is 5. The van der Waals surface area contributed by atoms with Gasteiger partial charge in [-0.1, -0.05) is 0 Å². The maximum Gasteiger partial charge on any atom is 0.573 e. The summed E-state index contributed by atoms with van der Waals surface area (Å²) in [5, 5.41) is 4.51. The summed E-state index contributed by atoms with van der Waals surface area (Å²) >= 11 is 0. The van der Waals surface area contributed by atoms with Crippen molar-refractivity contribution in [1.29, 1.82) is 0 Å². The van der Waals surface area contributed by atoms with E-state index < -0.39 is 52.6 Å². The number of carbonyl (C=O) groups excluding carboxylic acids is 1. The predicted octanol–water partition coefficient (Wildman–Crippen LogP) is 5.03. The number of aromatic amines is 1. The Morgan fingerprint density at radius 1 is 0.970 bits per heavy atom. The molecule has 0 aliphatic heterocycles. The van der Waals surface area contributed by atoms with Gasteiger partial charge in [0, 0.05) is 12.1 Å². The average molecular weight is 478 g/mol. The van der Waals surface area contributed by atoms with Crippen LogP contribution in [0.2, 0.25) is 0 Å². The highest BCUT2D eigenvalue weighted by Crippen LogP contribution is 2.36. The molecule has 2 aromatic carbocycles. The second-order valence-electron chi connectivity index (χ2n) is 6.28. The highest BCUT2D eigenvalue weighted by atomic mass is 19.4. The largest absolute Gasteiger partial charge is 0.573 e. The number of hydrogen-bond donors (Lipinski definition) is 2. The molecular formula is C19H11F7N3O4+. The van der Waals surface area contributed by atoms with Crippen LogP contribution in [0.4, 0.5) is 36.4 Å². The first-order chi connectivity index (χ1) is 15.3. The number of H-pyrrole nitrogens is 1. The molecule has 7 nitrogen and oxygen atoms in total. The third kappa shape index (κ3) is 6.21. The third-order valence-corrected chi connectivity index (χ3v) is 3.91. The second-order valence-corrected chi connectivity index (χ2v) is 6.28. The van der Waals surface area contributed by atoms with Crippen LogP contribution < -0.4 is 19.3 Å². The molecule has 2 N–H and O–H groups in total. The van der Waals surface area contributed by atoms with Crippen LogP contribution in [-0.2, 0) is 6.18 Å². The molecule has 14 heteroatoms. The standard InChI is InChI=1S/C19H10F7N3O4/c20-14-8-12(2-4-15(14)33-19(24,25)26)32-16-7-10(18(21,22)23)1-3-13(16)17(30)28-11-5-6-29(31)27-9-11/h1-9H,(H-,27,28,30,31)/p+1. The van der Waals surface area contributed by atoms with Gasteiger partial charge in [0.2, 0.25) is 0 Å². The summed E-state index contributed by atoms with van der Waals surface area (Å²) in [6.45, 7) is 0. The minimum atomic E-state index is -5.17. The van der Waals surface area contributed by atoms with Crippen molar-refractivity contribution in [2.45, 2.75) is 12.5 Å². The van der Waals surface area contributed by atoms with Crippen molar-refractivity contribution in [3.8, 4) is 17.2 Å². The number of nitrogens with zero attached hydrogens (tertiary/aromatic N) is 1. The summed E-state index contributed by atoms with van der Waals surface area (Å²) in [5.41, 5.74) is -1.54. The minimum Gasteiger partial charge on any atom is -0.456 e. The van der Waals surface area contributed by atoms with Crippen molar-refractivity contribution in [2.24, 2.45) is 0 Å².